The van der Waals surface area contributed by atoms with Gasteiger partial charge in [0.2, 0.25) is 0 Å². The average molecular weight is 300 g/mol. The van der Waals surface area contributed by atoms with Gasteiger partial charge in [-0.05, 0) is 19.5 Å². The summed E-state index contributed by atoms with van der Waals surface area (Å²) in [5, 5.41) is 4.21. The lowest BCUT2D eigenvalue weighted by atomic mass is 10.0. The summed E-state index contributed by atoms with van der Waals surface area (Å²) in [5.41, 5.74) is 0. The van der Waals surface area contributed by atoms with Crippen molar-refractivity contribution in [3.8, 4) is 0 Å². The molecule has 7 nitrogen and oxygen atoms in total. The predicted octanol–water partition coefficient (Wildman–Crippen LogP) is -0.486. The molecule has 112 valence electrons. The molecule has 0 saturated carbocycles. The summed E-state index contributed by atoms with van der Waals surface area (Å²) in [6.07, 6.45) is 2.39. The van der Waals surface area contributed by atoms with E-state index in [0.29, 0.717) is 19.7 Å². The first-order valence-electron chi connectivity index (χ1n) is 6.80. The first kappa shape index (κ1) is 14.0. The number of nitrogens with zero attached hydrogens (tertiary/aromatic N) is 4. The molecule has 0 bridgehead atoms. The first-order valence-corrected chi connectivity index (χ1v) is 8.24. The second kappa shape index (κ2) is 5.10. The molecular weight excluding hydrogens is 280 g/mol. The molecule has 2 aliphatic rings. The van der Waals surface area contributed by atoms with Crippen LogP contribution in [0.15, 0.2) is 17.3 Å². The fourth-order valence-electron chi connectivity index (χ4n) is 3.03. The minimum Gasteiger partial charge on any atom is -0.375 e. The second-order valence-corrected chi connectivity index (χ2v) is 7.27. The van der Waals surface area contributed by atoms with Crippen molar-refractivity contribution in [3.63, 3.8) is 0 Å². The van der Waals surface area contributed by atoms with Gasteiger partial charge in [-0.1, -0.05) is 0 Å². The molecule has 0 N–H and O–H groups in total. The lowest BCUT2D eigenvalue weighted by molar-refractivity contribution is -0.0720. The van der Waals surface area contributed by atoms with Gasteiger partial charge in [0, 0.05) is 26.7 Å². The number of aromatic nitrogens is 2. The van der Waals surface area contributed by atoms with Crippen LogP contribution in [0, 0.1) is 0 Å². The fourth-order valence-corrected chi connectivity index (χ4v) is 4.76. The number of hydrogen-bond acceptors (Lipinski definition) is 5. The van der Waals surface area contributed by atoms with E-state index in [9.17, 15) is 8.42 Å². The SMILES string of the molecule is CN1CC[C@@H]2OCCN(S(=O)(=O)c3ccnn3C)[C@H]2C1. The molecule has 2 aliphatic heterocycles. The van der Waals surface area contributed by atoms with Crippen LogP contribution in [0.4, 0.5) is 0 Å². The summed E-state index contributed by atoms with van der Waals surface area (Å²) in [6.45, 7) is 2.52. The molecule has 0 spiro atoms. The maximum atomic E-state index is 12.8. The van der Waals surface area contributed by atoms with Gasteiger partial charge in [0.15, 0.2) is 5.03 Å². The number of fused-ring (bicyclic) bond motifs is 1. The van der Waals surface area contributed by atoms with Gasteiger partial charge in [-0.15, -0.1) is 0 Å². The smallest absolute Gasteiger partial charge is 0.260 e. The van der Waals surface area contributed by atoms with Gasteiger partial charge in [0.05, 0.1) is 24.9 Å². The van der Waals surface area contributed by atoms with Gasteiger partial charge in [-0.25, -0.2) is 8.42 Å². The van der Waals surface area contributed by atoms with Crippen molar-refractivity contribution in [2.24, 2.45) is 7.05 Å². The Morgan fingerprint density at radius 3 is 2.85 bits per heavy atom. The Kier molecular flexibility index (Phi) is 3.57. The van der Waals surface area contributed by atoms with Crippen molar-refractivity contribution in [3.05, 3.63) is 12.3 Å². The zero-order chi connectivity index (χ0) is 14.3. The van der Waals surface area contributed by atoms with Gasteiger partial charge >= 0.3 is 0 Å². The van der Waals surface area contributed by atoms with Crippen molar-refractivity contribution < 1.29 is 13.2 Å². The second-order valence-electron chi connectivity index (χ2n) is 5.44. The van der Waals surface area contributed by atoms with Crippen molar-refractivity contribution in [2.45, 2.75) is 23.6 Å². The highest BCUT2D eigenvalue weighted by Crippen LogP contribution is 2.27. The lowest BCUT2D eigenvalue weighted by Crippen LogP contribution is -2.60. The van der Waals surface area contributed by atoms with Crippen molar-refractivity contribution in [1.82, 2.24) is 19.0 Å². The highest BCUT2D eigenvalue weighted by atomic mass is 32.2. The number of rotatable bonds is 2. The molecule has 0 aromatic carbocycles. The van der Waals surface area contributed by atoms with Crippen LogP contribution in [0.3, 0.4) is 0 Å². The van der Waals surface area contributed by atoms with Gasteiger partial charge in [-0.2, -0.15) is 9.40 Å². The minimum absolute atomic E-state index is 0.00273. The number of sulfonamides is 1. The van der Waals surface area contributed by atoms with Crippen LogP contribution in [-0.2, 0) is 21.8 Å². The highest BCUT2D eigenvalue weighted by molar-refractivity contribution is 7.89. The maximum Gasteiger partial charge on any atom is 0.260 e. The number of piperidine rings is 1. The first-order chi connectivity index (χ1) is 9.50. The van der Waals surface area contributed by atoms with E-state index >= 15 is 0 Å². The highest BCUT2D eigenvalue weighted by Gasteiger charge is 2.42. The zero-order valence-corrected chi connectivity index (χ0v) is 12.6. The Bertz CT molecular complexity index is 585. The van der Waals surface area contributed by atoms with E-state index in [4.69, 9.17) is 4.74 Å². The molecule has 2 atom stereocenters. The molecule has 0 radical (unpaired) electrons. The molecule has 0 aliphatic carbocycles. The number of aryl methyl sites for hydroxylation is 1. The molecule has 3 heterocycles. The number of likely N-dealkylation sites (tertiary alicyclic amines) is 1. The van der Waals surface area contributed by atoms with E-state index in [1.54, 1.807) is 17.4 Å². The van der Waals surface area contributed by atoms with Gasteiger partial charge in [-0.3, -0.25) is 4.68 Å². The van der Waals surface area contributed by atoms with E-state index < -0.39 is 10.0 Å². The van der Waals surface area contributed by atoms with Crippen LogP contribution in [0.2, 0.25) is 0 Å². The van der Waals surface area contributed by atoms with Crippen LogP contribution in [0.1, 0.15) is 6.42 Å². The van der Waals surface area contributed by atoms with E-state index in [2.05, 4.69) is 10.00 Å². The molecule has 20 heavy (non-hydrogen) atoms. The largest absolute Gasteiger partial charge is 0.375 e. The molecule has 0 unspecified atom stereocenters. The summed E-state index contributed by atoms with van der Waals surface area (Å²) < 4.78 is 34.4. The van der Waals surface area contributed by atoms with Gasteiger partial charge in [0.1, 0.15) is 0 Å². The van der Waals surface area contributed by atoms with Gasteiger partial charge in [0.25, 0.3) is 10.0 Å². The van der Waals surface area contributed by atoms with Crippen molar-refractivity contribution >= 4 is 10.0 Å². The maximum absolute atomic E-state index is 12.8. The van der Waals surface area contributed by atoms with E-state index in [0.717, 1.165) is 13.0 Å². The molecule has 2 fully saturated rings. The van der Waals surface area contributed by atoms with Gasteiger partial charge < -0.3 is 9.64 Å². The van der Waals surface area contributed by atoms with Crippen LogP contribution in [0.25, 0.3) is 0 Å². The summed E-state index contributed by atoms with van der Waals surface area (Å²) in [5.74, 6) is 0. The Balaban J connectivity index is 1.93. The fraction of sp³-hybridized carbons (Fsp3) is 0.750. The van der Waals surface area contributed by atoms with E-state index in [1.165, 1.54) is 10.9 Å². The molecule has 3 rings (SSSR count). The summed E-state index contributed by atoms with van der Waals surface area (Å²) in [4.78, 5) is 2.15. The monoisotopic (exact) mass is 300 g/mol. The minimum atomic E-state index is -3.52. The Morgan fingerprint density at radius 1 is 1.35 bits per heavy atom. The Labute approximate surface area is 119 Å². The third-order valence-electron chi connectivity index (χ3n) is 4.09. The normalized spacial score (nSPS) is 29.3. The molecule has 8 heteroatoms. The summed E-state index contributed by atoms with van der Waals surface area (Å²) in [7, 11) is 0.148. The van der Waals surface area contributed by atoms with E-state index in [-0.39, 0.29) is 17.2 Å². The molecular formula is C12H20N4O3S. The number of morpholine rings is 1. The van der Waals surface area contributed by atoms with Crippen molar-refractivity contribution in [1.29, 1.82) is 0 Å². The van der Waals surface area contributed by atoms with Crippen LogP contribution in [-0.4, -0.2) is 72.8 Å². The standard InChI is InChI=1S/C12H20N4O3S/c1-14-6-4-11-10(9-14)16(7-8-19-11)20(17,18)12-3-5-13-15(12)2/h3,5,10-11H,4,6-9H2,1-2H3/t10-,11-/m0/s1. The number of ether oxygens (including phenoxy) is 1. The average Bonchev–Trinajstić information content (AvgIpc) is 2.85. The Hall–Kier alpha value is -0.960. The molecule has 1 aromatic rings. The van der Waals surface area contributed by atoms with Crippen molar-refractivity contribution in [2.75, 3.05) is 33.3 Å². The van der Waals surface area contributed by atoms with Crippen LogP contribution < -0.4 is 0 Å². The predicted molar refractivity (Wildman–Crippen MR) is 72.7 cm³/mol. The third-order valence-corrected chi connectivity index (χ3v) is 6.09. The van der Waals surface area contributed by atoms with E-state index in [1.807, 2.05) is 7.05 Å². The topological polar surface area (TPSA) is 67.7 Å². The molecule has 0 amide bonds. The quantitative estimate of drug-likeness (QED) is 0.737. The number of likely N-dealkylation sites (N-methyl/N-ethyl adjacent to an activating group) is 1. The van der Waals surface area contributed by atoms with Crippen LogP contribution >= 0.6 is 0 Å². The lowest BCUT2D eigenvalue weighted by Gasteiger charge is -2.45. The third kappa shape index (κ3) is 2.26. The number of hydrogen-bond donors (Lipinski definition) is 0. The Morgan fingerprint density at radius 2 is 2.15 bits per heavy atom. The summed E-state index contributed by atoms with van der Waals surface area (Å²) >= 11 is 0. The zero-order valence-electron chi connectivity index (χ0n) is 11.8. The van der Waals surface area contributed by atoms with Crippen LogP contribution in [0.5, 0.6) is 0 Å². The summed E-state index contributed by atoms with van der Waals surface area (Å²) in [6, 6.07) is 1.44. The molecule has 2 saturated heterocycles. The molecule has 1 aromatic heterocycles.